The van der Waals surface area contributed by atoms with Gasteiger partial charge in [0.05, 0.1) is 18.3 Å². The molecule has 4 aliphatic carbocycles. The van der Waals surface area contributed by atoms with Crippen LogP contribution in [0.5, 0.6) is 0 Å². The topological polar surface area (TPSA) is 74.7 Å². The number of likely N-dealkylation sites (tertiary alicyclic amines) is 1. The minimum Gasteiger partial charge on any atom is -0.481 e. The average molecular weight is 261 g/mol. The Morgan fingerprint density at radius 1 is 1.16 bits per heavy atom. The first kappa shape index (κ1) is 11.2. The maximum atomic E-state index is 12.4. The lowest BCUT2D eigenvalue weighted by Gasteiger charge is -2.37. The maximum absolute atomic E-state index is 12.4. The summed E-state index contributed by atoms with van der Waals surface area (Å²) in [5.74, 6) is -0.0567. The summed E-state index contributed by atoms with van der Waals surface area (Å²) >= 11 is 0. The molecule has 100 valence electrons. The van der Waals surface area contributed by atoms with E-state index in [4.69, 9.17) is 5.11 Å². The van der Waals surface area contributed by atoms with Crippen molar-refractivity contribution in [3.63, 3.8) is 0 Å². The number of allylic oxidation sites excluding steroid dienone is 2. The van der Waals surface area contributed by atoms with Crippen LogP contribution in [-0.2, 0) is 14.4 Å². The van der Waals surface area contributed by atoms with Crippen molar-refractivity contribution in [2.45, 2.75) is 12.8 Å². The standard InChI is InChI=1S/C14H15NO4/c16-10(17)3-4-15-13(18)11-6-1-2-7(9-5-8(6)9)12(11)14(15)19/h1-2,6-9,11-12H,3-5H2,(H,16,17)/t6-,7-,8-,9+,11+,12+/m0/s1. The molecule has 1 aliphatic heterocycles. The third kappa shape index (κ3) is 1.33. The van der Waals surface area contributed by atoms with Gasteiger partial charge in [0.2, 0.25) is 11.8 Å². The van der Waals surface area contributed by atoms with Gasteiger partial charge < -0.3 is 5.11 Å². The van der Waals surface area contributed by atoms with Crippen molar-refractivity contribution >= 4 is 17.8 Å². The van der Waals surface area contributed by atoms with Crippen LogP contribution < -0.4 is 0 Å². The number of carboxylic acid groups (broad SMARTS) is 1. The Balaban J connectivity index is 1.63. The number of hydrogen-bond acceptors (Lipinski definition) is 3. The number of amides is 2. The van der Waals surface area contributed by atoms with Gasteiger partial charge >= 0.3 is 5.97 Å². The predicted molar refractivity (Wildman–Crippen MR) is 63.7 cm³/mol. The minimum atomic E-state index is -0.973. The molecule has 5 nitrogen and oxygen atoms in total. The van der Waals surface area contributed by atoms with Gasteiger partial charge in [-0.2, -0.15) is 0 Å². The van der Waals surface area contributed by atoms with Gasteiger partial charge in [0, 0.05) is 6.54 Å². The second-order valence-corrected chi connectivity index (χ2v) is 6.13. The van der Waals surface area contributed by atoms with E-state index in [2.05, 4.69) is 12.2 Å². The van der Waals surface area contributed by atoms with E-state index < -0.39 is 5.97 Å². The summed E-state index contributed by atoms with van der Waals surface area (Å²) in [6.07, 6.45) is 5.22. The Morgan fingerprint density at radius 3 is 2.16 bits per heavy atom. The summed E-state index contributed by atoms with van der Waals surface area (Å²) in [7, 11) is 0. The molecule has 5 aliphatic rings. The van der Waals surface area contributed by atoms with Gasteiger partial charge in [0.1, 0.15) is 0 Å². The molecule has 1 heterocycles. The second-order valence-electron chi connectivity index (χ2n) is 6.13. The van der Waals surface area contributed by atoms with Crippen LogP contribution in [-0.4, -0.2) is 34.3 Å². The highest BCUT2D eigenvalue weighted by Crippen LogP contribution is 2.65. The van der Waals surface area contributed by atoms with E-state index in [1.165, 1.54) is 4.90 Å². The highest BCUT2D eigenvalue weighted by atomic mass is 16.4. The zero-order chi connectivity index (χ0) is 13.3. The fourth-order valence-electron chi connectivity index (χ4n) is 4.45. The summed E-state index contributed by atoms with van der Waals surface area (Å²) in [6, 6.07) is 0. The van der Waals surface area contributed by atoms with Gasteiger partial charge in [-0.25, -0.2) is 0 Å². The highest BCUT2D eigenvalue weighted by molar-refractivity contribution is 6.06. The third-order valence-corrected chi connectivity index (χ3v) is 5.30. The van der Waals surface area contributed by atoms with Gasteiger partial charge in [-0.15, -0.1) is 0 Å². The Morgan fingerprint density at radius 2 is 1.68 bits per heavy atom. The lowest BCUT2D eigenvalue weighted by molar-refractivity contribution is -0.142. The van der Waals surface area contributed by atoms with Gasteiger partial charge in [-0.05, 0) is 30.1 Å². The van der Waals surface area contributed by atoms with E-state index >= 15 is 0 Å². The Labute approximate surface area is 110 Å². The summed E-state index contributed by atoms with van der Waals surface area (Å²) in [6.45, 7) is 0.0226. The van der Waals surface area contributed by atoms with Crippen LogP contribution in [0.15, 0.2) is 12.2 Å². The summed E-state index contributed by atoms with van der Waals surface area (Å²) in [4.78, 5) is 36.6. The number of hydrogen-bond donors (Lipinski definition) is 1. The van der Waals surface area contributed by atoms with Crippen molar-refractivity contribution in [1.82, 2.24) is 4.90 Å². The molecule has 0 spiro atoms. The number of rotatable bonds is 3. The molecule has 0 aromatic carbocycles. The van der Waals surface area contributed by atoms with Crippen LogP contribution in [0.3, 0.4) is 0 Å². The molecule has 1 N–H and O–H groups in total. The average Bonchev–Trinajstić information content (AvgIpc) is 3.14. The Kier molecular flexibility index (Phi) is 2.04. The van der Waals surface area contributed by atoms with E-state index in [1.807, 2.05) is 0 Å². The summed E-state index contributed by atoms with van der Waals surface area (Å²) in [5.41, 5.74) is 0. The van der Waals surface area contributed by atoms with Crippen molar-refractivity contribution in [2.24, 2.45) is 35.5 Å². The van der Waals surface area contributed by atoms with Crippen molar-refractivity contribution < 1.29 is 19.5 Å². The van der Waals surface area contributed by atoms with Crippen molar-refractivity contribution in [2.75, 3.05) is 6.54 Å². The van der Waals surface area contributed by atoms with E-state index in [0.717, 1.165) is 6.42 Å². The molecule has 2 bridgehead atoms. The van der Waals surface area contributed by atoms with Gasteiger partial charge in [-0.1, -0.05) is 12.2 Å². The van der Waals surface area contributed by atoms with Crippen LogP contribution in [0.1, 0.15) is 12.8 Å². The lowest BCUT2D eigenvalue weighted by Crippen LogP contribution is -2.40. The molecular weight excluding hydrogens is 246 g/mol. The van der Waals surface area contributed by atoms with Crippen LogP contribution in [0.4, 0.5) is 0 Å². The van der Waals surface area contributed by atoms with Gasteiger partial charge in [-0.3, -0.25) is 19.3 Å². The SMILES string of the molecule is O=C(O)CCN1C(=O)[C@@H]2[C@H]3C=C[C@@H]([C@@H]4C[C@H]34)[C@H]2C1=O. The fourth-order valence-corrected chi connectivity index (χ4v) is 4.45. The van der Waals surface area contributed by atoms with Crippen LogP contribution >= 0.6 is 0 Å². The zero-order valence-electron chi connectivity index (χ0n) is 10.4. The number of imide groups is 1. The summed E-state index contributed by atoms with van der Waals surface area (Å²) < 4.78 is 0. The summed E-state index contributed by atoms with van der Waals surface area (Å²) in [5, 5.41) is 8.71. The largest absolute Gasteiger partial charge is 0.481 e. The number of nitrogens with zero attached hydrogens (tertiary/aromatic N) is 1. The normalized spacial score (nSPS) is 45.4. The van der Waals surface area contributed by atoms with Crippen molar-refractivity contribution in [3.8, 4) is 0 Å². The van der Waals surface area contributed by atoms with Crippen LogP contribution in [0.2, 0.25) is 0 Å². The van der Waals surface area contributed by atoms with Crippen molar-refractivity contribution in [3.05, 3.63) is 12.2 Å². The van der Waals surface area contributed by atoms with Crippen LogP contribution in [0, 0.1) is 35.5 Å². The number of aliphatic carboxylic acids is 1. The molecule has 5 heteroatoms. The molecule has 3 fully saturated rings. The zero-order valence-corrected chi connectivity index (χ0v) is 10.4. The first-order valence-corrected chi connectivity index (χ1v) is 6.85. The Bertz CT molecular complexity index is 490. The molecule has 0 radical (unpaired) electrons. The number of carbonyl (C=O) groups excluding carboxylic acids is 2. The highest BCUT2D eigenvalue weighted by Gasteiger charge is 2.66. The van der Waals surface area contributed by atoms with E-state index in [0.29, 0.717) is 11.8 Å². The van der Waals surface area contributed by atoms with Gasteiger partial charge in [0.15, 0.2) is 0 Å². The maximum Gasteiger partial charge on any atom is 0.305 e. The number of carboxylic acids is 1. The molecule has 5 rings (SSSR count). The van der Waals surface area contributed by atoms with E-state index in [9.17, 15) is 14.4 Å². The molecule has 1 saturated heterocycles. The Hall–Kier alpha value is -1.65. The quantitative estimate of drug-likeness (QED) is 0.593. The van der Waals surface area contributed by atoms with E-state index in [1.54, 1.807) is 0 Å². The van der Waals surface area contributed by atoms with Gasteiger partial charge in [0.25, 0.3) is 0 Å². The molecule has 2 amide bonds. The van der Waals surface area contributed by atoms with E-state index in [-0.39, 0.29) is 48.5 Å². The first-order chi connectivity index (χ1) is 9.09. The smallest absolute Gasteiger partial charge is 0.305 e. The molecule has 19 heavy (non-hydrogen) atoms. The minimum absolute atomic E-state index is 0.0226. The molecule has 0 unspecified atom stereocenters. The predicted octanol–water partition coefficient (Wildman–Crippen LogP) is 0.514. The molecule has 6 atom stereocenters. The van der Waals surface area contributed by atoms with Crippen molar-refractivity contribution in [1.29, 1.82) is 0 Å². The molecule has 0 aromatic rings. The first-order valence-electron chi connectivity index (χ1n) is 6.85. The molecular formula is C14H15NO4. The third-order valence-electron chi connectivity index (χ3n) is 5.30. The molecule has 2 saturated carbocycles. The number of carbonyl (C=O) groups is 3. The lowest BCUT2D eigenvalue weighted by atomic mass is 9.63. The monoisotopic (exact) mass is 261 g/mol. The van der Waals surface area contributed by atoms with Crippen LogP contribution in [0.25, 0.3) is 0 Å². The molecule has 0 aromatic heterocycles. The fraction of sp³-hybridized carbons (Fsp3) is 0.643. The second kappa shape index (κ2) is 3.46.